The zero-order valence-corrected chi connectivity index (χ0v) is 15.4. The maximum absolute atomic E-state index is 12.0. The van der Waals surface area contributed by atoms with Crippen molar-refractivity contribution >= 4 is 39.3 Å². The third-order valence-electron chi connectivity index (χ3n) is 3.26. The molecule has 0 saturated heterocycles. The molecule has 0 fully saturated rings. The van der Waals surface area contributed by atoms with E-state index in [1.165, 1.54) is 11.8 Å². The van der Waals surface area contributed by atoms with E-state index in [4.69, 9.17) is 8.83 Å². The van der Waals surface area contributed by atoms with Crippen molar-refractivity contribution in [3.05, 3.63) is 46.3 Å². The molecule has 1 aromatic carbocycles. The molecule has 2 heterocycles. The van der Waals surface area contributed by atoms with Gasteiger partial charge in [-0.05, 0) is 43.7 Å². The Kier molecular flexibility index (Phi) is 5.06. The van der Waals surface area contributed by atoms with Gasteiger partial charge in [-0.25, -0.2) is 0 Å². The second-order valence-electron chi connectivity index (χ2n) is 5.06. The van der Waals surface area contributed by atoms with Crippen LogP contribution in [-0.4, -0.2) is 21.9 Å². The Morgan fingerprint density at radius 2 is 2.12 bits per heavy atom. The molecule has 0 radical (unpaired) electrons. The summed E-state index contributed by atoms with van der Waals surface area (Å²) in [7, 11) is 0. The first-order chi connectivity index (χ1) is 11.5. The number of hydrogen-bond donors (Lipinski definition) is 1. The third-order valence-corrected chi connectivity index (χ3v) is 4.97. The lowest BCUT2D eigenvalue weighted by Gasteiger charge is -2.06. The van der Waals surface area contributed by atoms with E-state index in [9.17, 15) is 4.79 Å². The SMILES string of the molecule is Cc1cc(NC(=O)CSc2nnc(-c3ccoc3C)o2)ccc1Br. The van der Waals surface area contributed by atoms with E-state index in [0.717, 1.165) is 21.3 Å². The minimum absolute atomic E-state index is 0.138. The van der Waals surface area contributed by atoms with Gasteiger partial charge in [0.25, 0.3) is 11.1 Å². The quantitative estimate of drug-likeness (QED) is 0.629. The summed E-state index contributed by atoms with van der Waals surface area (Å²) in [5, 5.41) is 11.1. The summed E-state index contributed by atoms with van der Waals surface area (Å²) in [6, 6.07) is 7.40. The summed E-state index contributed by atoms with van der Waals surface area (Å²) < 4.78 is 11.8. The van der Waals surface area contributed by atoms with Crippen molar-refractivity contribution in [2.75, 3.05) is 11.1 Å². The number of benzene rings is 1. The summed E-state index contributed by atoms with van der Waals surface area (Å²) >= 11 is 4.62. The Labute approximate surface area is 151 Å². The second kappa shape index (κ2) is 7.23. The van der Waals surface area contributed by atoms with Gasteiger partial charge in [-0.15, -0.1) is 10.2 Å². The second-order valence-corrected chi connectivity index (χ2v) is 6.85. The fraction of sp³-hybridized carbons (Fsp3) is 0.188. The molecular weight excluding hydrogens is 394 g/mol. The van der Waals surface area contributed by atoms with Gasteiger partial charge >= 0.3 is 0 Å². The van der Waals surface area contributed by atoms with Crippen molar-refractivity contribution in [1.29, 1.82) is 0 Å². The summed E-state index contributed by atoms with van der Waals surface area (Å²) in [5.41, 5.74) is 2.56. The normalized spacial score (nSPS) is 10.8. The van der Waals surface area contributed by atoms with Crippen LogP contribution in [0.1, 0.15) is 11.3 Å². The van der Waals surface area contributed by atoms with Crippen LogP contribution in [0.2, 0.25) is 0 Å². The van der Waals surface area contributed by atoms with Gasteiger partial charge in [0.2, 0.25) is 5.91 Å². The van der Waals surface area contributed by atoms with Gasteiger partial charge in [-0.2, -0.15) is 0 Å². The molecule has 0 spiro atoms. The van der Waals surface area contributed by atoms with Crippen molar-refractivity contribution < 1.29 is 13.6 Å². The number of rotatable bonds is 5. The number of amides is 1. The lowest BCUT2D eigenvalue weighted by molar-refractivity contribution is -0.113. The fourth-order valence-corrected chi connectivity index (χ4v) is 2.84. The summed E-state index contributed by atoms with van der Waals surface area (Å²) in [6.45, 7) is 3.78. The van der Waals surface area contributed by atoms with E-state index < -0.39 is 0 Å². The molecule has 0 atom stereocenters. The molecule has 0 bridgehead atoms. The Morgan fingerprint density at radius 3 is 2.83 bits per heavy atom. The van der Waals surface area contributed by atoms with Crippen molar-refractivity contribution in [1.82, 2.24) is 10.2 Å². The first kappa shape index (κ1) is 16.8. The monoisotopic (exact) mass is 407 g/mol. The van der Waals surface area contributed by atoms with Crippen LogP contribution in [0.5, 0.6) is 0 Å². The molecule has 8 heteroatoms. The number of aryl methyl sites for hydroxylation is 2. The van der Waals surface area contributed by atoms with Crippen LogP contribution < -0.4 is 5.32 Å². The van der Waals surface area contributed by atoms with Crippen LogP contribution >= 0.6 is 27.7 Å². The van der Waals surface area contributed by atoms with Gasteiger partial charge in [-0.3, -0.25) is 4.79 Å². The van der Waals surface area contributed by atoms with Gasteiger partial charge in [0.05, 0.1) is 17.6 Å². The maximum Gasteiger partial charge on any atom is 0.277 e. The number of halogens is 1. The topological polar surface area (TPSA) is 81.2 Å². The Bertz CT molecular complexity index is 875. The van der Waals surface area contributed by atoms with Gasteiger partial charge < -0.3 is 14.2 Å². The molecule has 2 aromatic heterocycles. The van der Waals surface area contributed by atoms with E-state index >= 15 is 0 Å². The maximum atomic E-state index is 12.0. The third kappa shape index (κ3) is 3.88. The van der Waals surface area contributed by atoms with Gasteiger partial charge in [0.15, 0.2) is 0 Å². The standard InChI is InChI=1S/C16H14BrN3O3S/c1-9-7-11(3-4-13(9)17)18-14(21)8-24-16-20-19-15(23-16)12-5-6-22-10(12)2/h3-7H,8H2,1-2H3,(H,18,21). The van der Waals surface area contributed by atoms with E-state index in [1.54, 1.807) is 12.3 Å². The van der Waals surface area contributed by atoms with Crippen molar-refractivity contribution in [2.24, 2.45) is 0 Å². The van der Waals surface area contributed by atoms with Gasteiger partial charge in [0.1, 0.15) is 5.76 Å². The predicted octanol–water partition coefficient (Wildman–Crippen LogP) is 4.44. The highest BCUT2D eigenvalue weighted by molar-refractivity contribution is 9.10. The van der Waals surface area contributed by atoms with Crippen LogP contribution in [0.25, 0.3) is 11.5 Å². The molecule has 0 aliphatic rings. The lowest BCUT2D eigenvalue weighted by atomic mass is 10.2. The number of carbonyl (C=O) groups excluding carboxylic acids is 1. The van der Waals surface area contributed by atoms with E-state index in [1.807, 2.05) is 32.0 Å². The van der Waals surface area contributed by atoms with Crippen molar-refractivity contribution in [3.8, 4) is 11.5 Å². The fourth-order valence-electron chi connectivity index (χ4n) is 2.03. The molecule has 24 heavy (non-hydrogen) atoms. The molecule has 0 aliphatic carbocycles. The highest BCUT2D eigenvalue weighted by atomic mass is 79.9. The van der Waals surface area contributed by atoms with Crippen molar-refractivity contribution in [3.63, 3.8) is 0 Å². The minimum atomic E-state index is -0.138. The van der Waals surface area contributed by atoms with Gasteiger partial charge in [0, 0.05) is 10.2 Å². The summed E-state index contributed by atoms with van der Waals surface area (Å²) in [6.07, 6.45) is 1.56. The van der Waals surface area contributed by atoms with E-state index in [2.05, 4.69) is 31.4 Å². The number of nitrogens with one attached hydrogen (secondary N) is 1. The molecule has 1 N–H and O–H groups in total. The molecule has 0 saturated carbocycles. The van der Waals surface area contributed by atoms with Crippen LogP contribution in [0.3, 0.4) is 0 Å². The molecule has 0 unspecified atom stereocenters. The number of carbonyl (C=O) groups is 1. The van der Waals surface area contributed by atoms with E-state index in [0.29, 0.717) is 16.9 Å². The van der Waals surface area contributed by atoms with Crippen LogP contribution in [0, 0.1) is 13.8 Å². The molecular formula is C16H14BrN3O3S. The Balaban J connectivity index is 1.57. The van der Waals surface area contributed by atoms with Crippen molar-refractivity contribution in [2.45, 2.75) is 19.1 Å². The van der Waals surface area contributed by atoms with Crippen LogP contribution in [0.15, 0.2) is 49.1 Å². The number of thioether (sulfide) groups is 1. The van der Waals surface area contributed by atoms with Gasteiger partial charge in [-0.1, -0.05) is 27.7 Å². The summed E-state index contributed by atoms with van der Waals surface area (Å²) in [5.74, 6) is 1.13. The first-order valence-corrected chi connectivity index (χ1v) is 8.87. The molecule has 1 amide bonds. The number of nitrogens with zero attached hydrogens (tertiary/aromatic N) is 2. The van der Waals surface area contributed by atoms with Crippen LogP contribution in [-0.2, 0) is 4.79 Å². The van der Waals surface area contributed by atoms with Crippen LogP contribution in [0.4, 0.5) is 5.69 Å². The molecule has 3 aromatic rings. The lowest BCUT2D eigenvalue weighted by Crippen LogP contribution is -2.14. The highest BCUT2D eigenvalue weighted by Crippen LogP contribution is 2.26. The predicted molar refractivity (Wildman–Crippen MR) is 95.0 cm³/mol. The summed E-state index contributed by atoms with van der Waals surface area (Å²) in [4.78, 5) is 12.0. The smallest absolute Gasteiger partial charge is 0.277 e. The largest absolute Gasteiger partial charge is 0.469 e. The zero-order valence-electron chi connectivity index (χ0n) is 13.0. The highest BCUT2D eigenvalue weighted by Gasteiger charge is 2.14. The average Bonchev–Trinajstić information content (AvgIpc) is 3.17. The Morgan fingerprint density at radius 1 is 1.29 bits per heavy atom. The molecule has 124 valence electrons. The minimum Gasteiger partial charge on any atom is -0.469 e. The number of hydrogen-bond acceptors (Lipinski definition) is 6. The molecule has 6 nitrogen and oxygen atoms in total. The number of aromatic nitrogens is 2. The average molecular weight is 408 g/mol. The zero-order chi connectivity index (χ0) is 17.1. The van der Waals surface area contributed by atoms with E-state index in [-0.39, 0.29) is 11.7 Å². The molecule has 3 rings (SSSR count). The first-order valence-electron chi connectivity index (χ1n) is 7.09. The molecule has 0 aliphatic heterocycles. The number of furan rings is 1. The Hall–Kier alpha value is -2.06. The number of anilines is 1.